The molecule has 0 radical (unpaired) electrons. The fourth-order valence-electron chi connectivity index (χ4n) is 2.88. The standard InChI is InChI=1S/C22H33N5O2S.HI/c1-7-23-22(27(5)14-19-15-30-20(25-19)16(2)29-6)24-12-11-17-9-8-10-18(13-17)21(28)26(3)4;/h8-10,13,15-16H,7,11-12,14H2,1-6H3,(H,23,24);1H. The predicted molar refractivity (Wildman–Crippen MR) is 139 cm³/mol. The molecule has 0 saturated carbocycles. The maximum absolute atomic E-state index is 12.2. The van der Waals surface area contributed by atoms with Gasteiger partial charge in [0.15, 0.2) is 5.96 Å². The van der Waals surface area contributed by atoms with Gasteiger partial charge in [0.25, 0.3) is 5.91 Å². The molecular weight excluding hydrogens is 525 g/mol. The molecule has 7 nitrogen and oxygen atoms in total. The van der Waals surface area contributed by atoms with Crippen LogP contribution in [0.25, 0.3) is 0 Å². The molecule has 0 fully saturated rings. The number of guanidine groups is 1. The Labute approximate surface area is 206 Å². The van der Waals surface area contributed by atoms with Crippen LogP contribution in [0.3, 0.4) is 0 Å². The maximum Gasteiger partial charge on any atom is 0.253 e. The molecule has 0 aliphatic heterocycles. The highest BCUT2D eigenvalue weighted by Gasteiger charge is 2.13. The third-order valence-corrected chi connectivity index (χ3v) is 5.66. The van der Waals surface area contributed by atoms with Crippen LogP contribution in [0.1, 0.15) is 46.6 Å². The van der Waals surface area contributed by atoms with Crippen molar-refractivity contribution in [2.75, 3.05) is 41.3 Å². The van der Waals surface area contributed by atoms with E-state index in [1.807, 2.05) is 38.2 Å². The van der Waals surface area contributed by atoms with Crippen LogP contribution in [-0.4, -0.2) is 68.0 Å². The Morgan fingerprint density at radius 2 is 2.06 bits per heavy atom. The molecule has 2 aromatic rings. The van der Waals surface area contributed by atoms with E-state index < -0.39 is 0 Å². The van der Waals surface area contributed by atoms with Gasteiger partial charge in [-0.2, -0.15) is 0 Å². The summed E-state index contributed by atoms with van der Waals surface area (Å²) in [5.41, 5.74) is 2.81. The average Bonchev–Trinajstić information content (AvgIpc) is 3.20. The summed E-state index contributed by atoms with van der Waals surface area (Å²) in [5, 5.41) is 6.39. The Bertz CT molecular complexity index is 856. The smallest absolute Gasteiger partial charge is 0.253 e. The minimum atomic E-state index is 0. The molecule has 0 aliphatic rings. The van der Waals surface area contributed by atoms with E-state index in [4.69, 9.17) is 9.73 Å². The number of rotatable bonds is 9. The van der Waals surface area contributed by atoms with Crippen LogP contribution in [0.15, 0.2) is 34.6 Å². The Morgan fingerprint density at radius 3 is 2.71 bits per heavy atom. The number of nitrogens with one attached hydrogen (secondary N) is 1. The van der Waals surface area contributed by atoms with Crippen molar-refractivity contribution in [1.29, 1.82) is 0 Å². The summed E-state index contributed by atoms with van der Waals surface area (Å²) in [6.45, 7) is 6.15. The molecule has 0 spiro atoms. The van der Waals surface area contributed by atoms with Gasteiger partial charge in [0, 0.05) is 52.3 Å². The number of carbonyl (C=O) groups excluding carboxylic acids is 1. The molecule has 1 unspecified atom stereocenters. The Balaban J connectivity index is 0.00000480. The van der Waals surface area contributed by atoms with Gasteiger partial charge in [-0.25, -0.2) is 4.98 Å². The lowest BCUT2D eigenvalue weighted by Gasteiger charge is -2.21. The first-order chi connectivity index (χ1) is 14.3. The van der Waals surface area contributed by atoms with Crippen molar-refractivity contribution in [3.63, 3.8) is 0 Å². The fraction of sp³-hybridized carbons (Fsp3) is 0.500. The Kier molecular flexibility index (Phi) is 12.0. The van der Waals surface area contributed by atoms with E-state index in [2.05, 4.69) is 27.5 Å². The molecule has 0 aliphatic carbocycles. The highest BCUT2D eigenvalue weighted by Crippen LogP contribution is 2.21. The van der Waals surface area contributed by atoms with E-state index in [-0.39, 0.29) is 36.0 Å². The van der Waals surface area contributed by atoms with Gasteiger partial charge in [0.2, 0.25) is 0 Å². The van der Waals surface area contributed by atoms with Gasteiger partial charge in [-0.1, -0.05) is 12.1 Å². The highest BCUT2D eigenvalue weighted by molar-refractivity contribution is 14.0. The number of hydrogen-bond donors (Lipinski definition) is 1. The number of carbonyl (C=O) groups is 1. The van der Waals surface area contributed by atoms with Crippen LogP contribution in [0.5, 0.6) is 0 Å². The zero-order valence-electron chi connectivity index (χ0n) is 19.2. The average molecular weight is 560 g/mol. The van der Waals surface area contributed by atoms with E-state index >= 15 is 0 Å². The summed E-state index contributed by atoms with van der Waals surface area (Å²) in [7, 11) is 7.23. The van der Waals surface area contributed by atoms with Crippen LogP contribution in [0.2, 0.25) is 0 Å². The third-order valence-electron chi connectivity index (χ3n) is 4.61. The van der Waals surface area contributed by atoms with Crippen molar-refractivity contribution in [3.8, 4) is 0 Å². The summed E-state index contributed by atoms with van der Waals surface area (Å²) < 4.78 is 5.35. The lowest BCUT2D eigenvalue weighted by Crippen LogP contribution is -2.38. The molecule has 1 aromatic heterocycles. The number of benzene rings is 1. The summed E-state index contributed by atoms with van der Waals surface area (Å²) in [6, 6.07) is 7.75. The summed E-state index contributed by atoms with van der Waals surface area (Å²) in [6.07, 6.45) is 0.773. The quantitative estimate of drug-likeness (QED) is 0.288. The summed E-state index contributed by atoms with van der Waals surface area (Å²) >= 11 is 1.62. The van der Waals surface area contributed by atoms with Crippen molar-refractivity contribution in [1.82, 2.24) is 20.1 Å². The van der Waals surface area contributed by atoms with Crippen LogP contribution >= 0.6 is 35.3 Å². The predicted octanol–water partition coefficient (Wildman–Crippen LogP) is 3.81. The van der Waals surface area contributed by atoms with Crippen molar-refractivity contribution in [3.05, 3.63) is 51.5 Å². The van der Waals surface area contributed by atoms with Gasteiger partial charge < -0.3 is 19.9 Å². The van der Waals surface area contributed by atoms with E-state index in [0.717, 1.165) is 35.2 Å². The molecule has 0 saturated heterocycles. The molecule has 0 bridgehead atoms. The molecule has 1 heterocycles. The van der Waals surface area contributed by atoms with Gasteiger partial charge >= 0.3 is 0 Å². The van der Waals surface area contributed by atoms with Gasteiger partial charge in [0.1, 0.15) is 11.1 Å². The van der Waals surface area contributed by atoms with E-state index in [1.165, 1.54) is 0 Å². The molecule has 1 N–H and O–H groups in total. The number of amides is 1. The first-order valence-electron chi connectivity index (χ1n) is 10.1. The molecule has 2 rings (SSSR count). The first-order valence-corrected chi connectivity index (χ1v) is 11.0. The molecule has 1 amide bonds. The SMILES string of the molecule is CCNC(=NCCc1cccc(C(=O)N(C)C)c1)N(C)Cc1csc(C(C)OC)n1.I. The largest absolute Gasteiger partial charge is 0.375 e. The second kappa shape index (κ2) is 13.6. The Hall–Kier alpha value is -1.72. The normalized spacial score (nSPS) is 12.1. The fourth-order valence-corrected chi connectivity index (χ4v) is 3.72. The lowest BCUT2D eigenvalue weighted by molar-refractivity contribution is 0.0827. The van der Waals surface area contributed by atoms with Gasteiger partial charge in [-0.05, 0) is 38.0 Å². The first kappa shape index (κ1) is 27.3. The third kappa shape index (κ3) is 8.38. The zero-order valence-corrected chi connectivity index (χ0v) is 22.4. The van der Waals surface area contributed by atoms with Crippen LogP contribution in [0.4, 0.5) is 0 Å². The van der Waals surface area contributed by atoms with Crippen LogP contribution < -0.4 is 5.32 Å². The van der Waals surface area contributed by atoms with Gasteiger partial charge in [-0.3, -0.25) is 9.79 Å². The van der Waals surface area contributed by atoms with Crippen molar-refractivity contribution in [2.24, 2.45) is 4.99 Å². The minimum Gasteiger partial charge on any atom is -0.375 e. The molecular formula is C22H34IN5O2S. The number of thiazole rings is 1. The molecule has 1 aromatic carbocycles. The number of aromatic nitrogens is 1. The van der Waals surface area contributed by atoms with Crippen LogP contribution in [-0.2, 0) is 17.7 Å². The number of hydrogen-bond acceptors (Lipinski definition) is 5. The molecule has 9 heteroatoms. The second-order valence-electron chi connectivity index (χ2n) is 7.30. The van der Waals surface area contributed by atoms with Gasteiger partial charge in [0.05, 0.1) is 12.2 Å². The summed E-state index contributed by atoms with van der Waals surface area (Å²) in [5.74, 6) is 0.853. The summed E-state index contributed by atoms with van der Waals surface area (Å²) in [4.78, 5) is 25.2. The molecule has 31 heavy (non-hydrogen) atoms. The minimum absolute atomic E-state index is 0. The lowest BCUT2D eigenvalue weighted by atomic mass is 10.1. The van der Waals surface area contributed by atoms with Crippen molar-refractivity contribution >= 4 is 47.2 Å². The number of methoxy groups -OCH3 is 1. The van der Waals surface area contributed by atoms with E-state index in [9.17, 15) is 4.79 Å². The number of halogens is 1. The maximum atomic E-state index is 12.2. The van der Waals surface area contributed by atoms with Crippen molar-refractivity contribution < 1.29 is 9.53 Å². The topological polar surface area (TPSA) is 70.1 Å². The number of ether oxygens (including phenoxy) is 1. The van der Waals surface area contributed by atoms with E-state index in [1.54, 1.807) is 37.4 Å². The molecule has 1 atom stereocenters. The van der Waals surface area contributed by atoms with Gasteiger partial charge in [-0.15, -0.1) is 35.3 Å². The van der Waals surface area contributed by atoms with Crippen LogP contribution in [0, 0.1) is 0 Å². The highest BCUT2D eigenvalue weighted by atomic mass is 127. The van der Waals surface area contributed by atoms with Crippen molar-refractivity contribution in [2.45, 2.75) is 32.9 Å². The second-order valence-corrected chi connectivity index (χ2v) is 8.19. The monoisotopic (exact) mass is 559 g/mol. The Morgan fingerprint density at radius 1 is 1.32 bits per heavy atom. The zero-order chi connectivity index (χ0) is 22.1. The molecule has 172 valence electrons. The van der Waals surface area contributed by atoms with E-state index in [0.29, 0.717) is 18.7 Å². The number of aliphatic imine (C=N–C) groups is 1. The number of nitrogens with zero attached hydrogens (tertiary/aromatic N) is 4.